The van der Waals surface area contributed by atoms with Crippen LogP contribution in [0.2, 0.25) is 0 Å². The number of aliphatic hydroxyl groups excluding tert-OH is 2. The van der Waals surface area contributed by atoms with E-state index in [9.17, 15) is 10.2 Å². The van der Waals surface area contributed by atoms with Crippen molar-refractivity contribution >= 4 is 0 Å². The number of aliphatic hydroxyl groups is 2. The van der Waals surface area contributed by atoms with E-state index in [2.05, 4.69) is 4.90 Å². The first-order chi connectivity index (χ1) is 7.24. The summed E-state index contributed by atoms with van der Waals surface area (Å²) in [5.74, 6) is 0.257. The van der Waals surface area contributed by atoms with Gasteiger partial charge in [0.15, 0.2) is 0 Å². The Balaban J connectivity index is 2.03. The summed E-state index contributed by atoms with van der Waals surface area (Å²) < 4.78 is 0. The van der Waals surface area contributed by atoms with Gasteiger partial charge in [-0.1, -0.05) is 6.42 Å². The van der Waals surface area contributed by atoms with E-state index in [-0.39, 0.29) is 12.0 Å². The number of piperidine rings is 1. The van der Waals surface area contributed by atoms with Crippen molar-refractivity contribution in [2.75, 3.05) is 19.6 Å². The van der Waals surface area contributed by atoms with Crippen molar-refractivity contribution in [3.63, 3.8) is 0 Å². The minimum atomic E-state index is -0.600. The quantitative estimate of drug-likeness (QED) is 0.582. The minimum absolute atomic E-state index is 0.0882. The first-order valence-electron chi connectivity index (χ1n) is 6.04. The van der Waals surface area contributed by atoms with Crippen LogP contribution in [0, 0.1) is 5.92 Å². The Labute approximate surface area is 91.1 Å². The molecule has 1 saturated carbocycles. The van der Waals surface area contributed by atoms with Crippen LogP contribution in [-0.4, -0.2) is 53.0 Å². The molecule has 4 N–H and O–H groups in total. The number of likely N-dealkylation sites (tertiary alicyclic amines) is 1. The van der Waals surface area contributed by atoms with E-state index in [0.717, 1.165) is 13.1 Å². The molecule has 0 unspecified atom stereocenters. The molecule has 0 aromatic heterocycles. The number of nitrogens with zero attached hydrogens (tertiary/aromatic N) is 1. The maximum absolute atomic E-state index is 9.96. The van der Waals surface area contributed by atoms with Gasteiger partial charge in [-0.05, 0) is 44.8 Å². The first kappa shape index (κ1) is 11.3. The highest BCUT2D eigenvalue weighted by Gasteiger charge is 2.43. The molecule has 0 aromatic rings. The standard InChI is InChI=1S/C11H22N2O2/c12-7-8-6-9(14)11(15)10(8)13-4-2-1-3-5-13/h8-11,14-15H,1-7,12H2/t8-,9-,10-,11-/m0/s1. The lowest BCUT2D eigenvalue weighted by atomic mass is 9.98. The van der Waals surface area contributed by atoms with Crippen molar-refractivity contribution in [3.05, 3.63) is 0 Å². The lowest BCUT2D eigenvalue weighted by Gasteiger charge is -2.37. The predicted octanol–water partition coefficient (Wildman–Crippen LogP) is -0.459. The van der Waals surface area contributed by atoms with Crippen molar-refractivity contribution in [1.82, 2.24) is 4.90 Å². The maximum atomic E-state index is 9.96. The fraction of sp³-hybridized carbons (Fsp3) is 1.00. The number of nitrogens with two attached hydrogens (primary N) is 1. The van der Waals surface area contributed by atoms with Gasteiger partial charge < -0.3 is 15.9 Å². The molecule has 4 atom stereocenters. The maximum Gasteiger partial charge on any atom is 0.0957 e. The normalized spacial score (nSPS) is 43.4. The van der Waals surface area contributed by atoms with Gasteiger partial charge in [0.1, 0.15) is 0 Å². The fourth-order valence-electron chi connectivity index (χ4n) is 3.06. The molecule has 4 heteroatoms. The average Bonchev–Trinajstić information content (AvgIpc) is 2.56. The molecule has 2 aliphatic rings. The molecule has 0 spiro atoms. The molecule has 0 amide bonds. The van der Waals surface area contributed by atoms with Crippen molar-refractivity contribution in [2.24, 2.45) is 11.7 Å². The van der Waals surface area contributed by atoms with Gasteiger partial charge >= 0.3 is 0 Å². The number of hydrogen-bond donors (Lipinski definition) is 3. The predicted molar refractivity (Wildman–Crippen MR) is 58.4 cm³/mol. The topological polar surface area (TPSA) is 69.7 Å². The van der Waals surface area contributed by atoms with Crippen LogP contribution in [0.4, 0.5) is 0 Å². The second kappa shape index (κ2) is 4.78. The molecule has 1 saturated heterocycles. The zero-order chi connectivity index (χ0) is 10.8. The molecule has 0 radical (unpaired) electrons. The Kier molecular flexibility index (Phi) is 3.61. The van der Waals surface area contributed by atoms with Gasteiger partial charge in [-0.2, -0.15) is 0 Å². The summed E-state index contributed by atoms with van der Waals surface area (Å²) in [7, 11) is 0. The largest absolute Gasteiger partial charge is 0.390 e. The molecule has 1 aliphatic heterocycles. The molecule has 1 aliphatic carbocycles. The number of rotatable bonds is 2. The average molecular weight is 214 g/mol. The van der Waals surface area contributed by atoms with Gasteiger partial charge in [-0.15, -0.1) is 0 Å². The highest BCUT2D eigenvalue weighted by Crippen LogP contribution is 2.31. The summed E-state index contributed by atoms with van der Waals surface area (Å²) in [6.07, 6.45) is 3.17. The molecular weight excluding hydrogens is 192 g/mol. The Hall–Kier alpha value is -0.160. The van der Waals surface area contributed by atoms with Crippen LogP contribution in [0.25, 0.3) is 0 Å². The van der Waals surface area contributed by atoms with E-state index in [1.165, 1.54) is 19.3 Å². The highest BCUT2D eigenvalue weighted by atomic mass is 16.3. The molecule has 2 rings (SSSR count). The van der Waals surface area contributed by atoms with E-state index in [4.69, 9.17) is 5.73 Å². The zero-order valence-corrected chi connectivity index (χ0v) is 9.18. The van der Waals surface area contributed by atoms with Crippen molar-refractivity contribution in [2.45, 2.75) is 43.9 Å². The van der Waals surface area contributed by atoms with Gasteiger partial charge in [0.2, 0.25) is 0 Å². The van der Waals surface area contributed by atoms with Crippen LogP contribution in [0.1, 0.15) is 25.7 Å². The van der Waals surface area contributed by atoms with Crippen molar-refractivity contribution < 1.29 is 10.2 Å². The molecule has 0 aromatic carbocycles. The Morgan fingerprint density at radius 3 is 2.40 bits per heavy atom. The zero-order valence-electron chi connectivity index (χ0n) is 9.18. The molecule has 2 fully saturated rings. The molecule has 0 bridgehead atoms. The van der Waals surface area contributed by atoms with Gasteiger partial charge in [-0.3, -0.25) is 4.90 Å². The van der Waals surface area contributed by atoms with Gasteiger partial charge in [0.25, 0.3) is 0 Å². The molecule has 15 heavy (non-hydrogen) atoms. The van der Waals surface area contributed by atoms with Crippen LogP contribution in [0.5, 0.6) is 0 Å². The summed E-state index contributed by atoms with van der Waals surface area (Å²) in [6.45, 7) is 2.66. The molecule has 1 heterocycles. The Bertz CT molecular complexity index is 207. The van der Waals surface area contributed by atoms with Gasteiger partial charge in [0, 0.05) is 6.04 Å². The number of hydrogen-bond acceptors (Lipinski definition) is 4. The third kappa shape index (κ3) is 2.18. The lowest BCUT2D eigenvalue weighted by Crippen LogP contribution is -2.49. The van der Waals surface area contributed by atoms with Crippen LogP contribution in [0.3, 0.4) is 0 Å². The van der Waals surface area contributed by atoms with E-state index in [0.29, 0.717) is 13.0 Å². The van der Waals surface area contributed by atoms with Gasteiger partial charge in [-0.25, -0.2) is 0 Å². The highest BCUT2D eigenvalue weighted by molar-refractivity contribution is 4.98. The smallest absolute Gasteiger partial charge is 0.0957 e. The first-order valence-corrected chi connectivity index (χ1v) is 6.04. The van der Waals surface area contributed by atoms with Crippen molar-refractivity contribution in [1.29, 1.82) is 0 Å². The summed E-state index contributed by atoms with van der Waals surface area (Å²) in [5, 5.41) is 19.6. The minimum Gasteiger partial charge on any atom is -0.390 e. The summed E-state index contributed by atoms with van der Waals surface area (Å²) in [5.41, 5.74) is 5.71. The monoisotopic (exact) mass is 214 g/mol. The molecule has 88 valence electrons. The van der Waals surface area contributed by atoms with E-state index < -0.39 is 12.2 Å². The van der Waals surface area contributed by atoms with E-state index >= 15 is 0 Å². The van der Waals surface area contributed by atoms with Crippen LogP contribution in [-0.2, 0) is 0 Å². The third-order valence-corrected chi connectivity index (χ3v) is 3.89. The third-order valence-electron chi connectivity index (χ3n) is 3.89. The summed E-state index contributed by atoms with van der Waals surface area (Å²) in [4.78, 5) is 2.32. The summed E-state index contributed by atoms with van der Waals surface area (Å²) in [6, 6.07) is 0.0882. The fourth-order valence-corrected chi connectivity index (χ4v) is 3.06. The second-order valence-corrected chi connectivity index (χ2v) is 4.88. The van der Waals surface area contributed by atoms with Crippen LogP contribution < -0.4 is 5.73 Å². The van der Waals surface area contributed by atoms with Gasteiger partial charge in [0.05, 0.1) is 12.2 Å². The second-order valence-electron chi connectivity index (χ2n) is 4.88. The molecule has 4 nitrogen and oxygen atoms in total. The van der Waals surface area contributed by atoms with E-state index in [1.54, 1.807) is 0 Å². The Morgan fingerprint density at radius 2 is 1.80 bits per heavy atom. The van der Waals surface area contributed by atoms with Crippen LogP contribution >= 0.6 is 0 Å². The van der Waals surface area contributed by atoms with Crippen molar-refractivity contribution in [3.8, 4) is 0 Å². The molecular formula is C11H22N2O2. The summed E-state index contributed by atoms with van der Waals surface area (Å²) >= 11 is 0. The van der Waals surface area contributed by atoms with Crippen LogP contribution in [0.15, 0.2) is 0 Å². The lowest BCUT2D eigenvalue weighted by molar-refractivity contribution is -0.00992. The Morgan fingerprint density at radius 1 is 1.13 bits per heavy atom. The SMILES string of the molecule is NC[C@@H]1C[C@H](O)[C@H](O)[C@H]1N1CCCCC1. The van der Waals surface area contributed by atoms with E-state index in [1.807, 2.05) is 0 Å².